The third-order valence-electron chi connectivity index (χ3n) is 4.56. The van der Waals surface area contributed by atoms with E-state index in [1.54, 1.807) is 12.1 Å². The van der Waals surface area contributed by atoms with Gasteiger partial charge in [0.05, 0.1) is 6.54 Å². The second-order valence-corrected chi connectivity index (χ2v) is 6.40. The highest BCUT2D eigenvalue weighted by Gasteiger charge is 2.16. The molecule has 0 spiro atoms. The first-order valence-corrected chi connectivity index (χ1v) is 8.79. The molecule has 0 aliphatic rings. The highest BCUT2D eigenvalue weighted by Crippen LogP contribution is 2.21. The van der Waals surface area contributed by atoms with E-state index in [0.717, 1.165) is 22.6 Å². The van der Waals surface area contributed by atoms with E-state index < -0.39 is 0 Å². The van der Waals surface area contributed by atoms with Crippen LogP contribution in [0.25, 0.3) is 5.69 Å². The molecule has 0 fully saturated rings. The van der Waals surface area contributed by atoms with Crippen LogP contribution >= 0.6 is 0 Å². The summed E-state index contributed by atoms with van der Waals surface area (Å²) in [4.78, 5) is 12.6. The Labute approximate surface area is 153 Å². The summed E-state index contributed by atoms with van der Waals surface area (Å²) in [7, 11) is 0. The number of rotatable bonds is 7. The van der Waals surface area contributed by atoms with E-state index in [1.807, 2.05) is 56.3 Å². The van der Waals surface area contributed by atoms with E-state index in [4.69, 9.17) is 0 Å². The average molecular weight is 350 g/mol. The number of benzene rings is 2. The number of nitrogens with one attached hydrogen (secondary N) is 1. The van der Waals surface area contributed by atoms with E-state index in [9.17, 15) is 9.18 Å². The van der Waals surface area contributed by atoms with Gasteiger partial charge < -0.3 is 9.88 Å². The number of halogens is 1. The SMILES string of the molecule is Cc1cc(C(=O)CNCCc2ccccc2F)c(C)n1-c1ccccc1. The zero-order chi connectivity index (χ0) is 18.5. The molecule has 134 valence electrons. The number of Topliss-reactive ketones (excluding diaryl/α,β-unsaturated/α-hetero) is 1. The number of carbonyl (C=O) groups is 1. The van der Waals surface area contributed by atoms with Crippen LogP contribution in [0.3, 0.4) is 0 Å². The molecular formula is C22H23FN2O. The van der Waals surface area contributed by atoms with Gasteiger partial charge in [0.25, 0.3) is 0 Å². The van der Waals surface area contributed by atoms with Crippen molar-refractivity contribution in [1.82, 2.24) is 9.88 Å². The van der Waals surface area contributed by atoms with Crippen LogP contribution in [0.15, 0.2) is 60.7 Å². The molecule has 0 atom stereocenters. The van der Waals surface area contributed by atoms with Gasteiger partial charge in [-0.25, -0.2) is 4.39 Å². The van der Waals surface area contributed by atoms with Crippen molar-refractivity contribution in [3.63, 3.8) is 0 Å². The van der Waals surface area contributed by atoms with E-state index in [2.05, 4.69) is 9.88 Å². The summed E-state index contributed by atoms with van der Waals surface area (Å²) in [5.74, 6) is -0.152. The topological polar surface area (TPSA) is 34.0 Å². The van der Waals surface area contributed by atoms with Crippen LogP contribution < -0.4 is 5.32 Å². The summed E-state index contributed by atoms with van der Waals surface area (Å²) in [5, 5.41) is 3.13. The monoisotopic (exact) mass is 350 g/mol. The van der Waals surface area contributed by atoms with Gasteiger partial charge in [-0.15, -0.1) is 0 Å². The predicted octanol–water partition coefficient (Wildman–Crippen LogP) is 4.25. The molecule has 0 saturated heterocycles. The van der Waals surface area contributed by atoms with Gasteiger partial charge in [0.2, 0.25) is 0 Å². The Hall–Kier alpha value is -2.72. The molecule has 0 radical (unpaired) electrons. The molecule has 3 aromatic rings. The molecule has 1 heterocycles. The zero-order valence-electron chi connectivity index (χ0n) is 15.1. The van der Waals surface area contributed by atoms with Crippen molar-refractivity contribution in [2.75, 3.05) is 13.1 Å². The molecule has 0 unspecified atom stereocenters. The second kappa shape index (κ2) is 8.11. The summed E-state index contributed by atoms with van der Waals surface area (Å²) in [6.07, 6.45) is 0.559. The van der Waals surface area contributed by atoms with E-state index >= 15 is 0 Å². The third-order valence-corrected chi connectivity index (χ3v) is 4.56. The van der Waals surface area contributed by atoms with E-state index in [-0.39, 0.29) is 18.1 Å². The first kappa shape index (κ1) is 18.1. The molecular weight excluding hydrogens is 327 g/mol. The lowest BCUT2D eigenvalue weighted by molar-refractivity contribution is 0.0991. The largest absolute Gasteiger partial charge is 0.318 e. The highest BCUT2D eigenvalue weighted by molar-refractivity contribution is 5.99. The van der Waals surface area contributed by atoms with Gasteiger partial charge in [-0.1, -0.05) is 36.4 Å². The highest BCUT2D eigenvalue weighted by atomic mass is 19.1. The minimum atomic E-state index is -0.202. The summed E-state index contributed by atoms with van der Waals surface area (Å²) >= 11 is 0. The lowest BCUT2D eigenvalue weighted by atomic mass is 10.1. The molecule has 3 nitrogen and oxygen atoms in total. The Morgan fingerprint density at radius 1 is 1.04 bits per heavy atom. The summed E-state index contributed by atoms with van der Waals surface area (Å²) in [5.41, 5.74) is 4.41. The van der Waals surface area contributed by atoms with Crippen LogP contribution in [-0.4, -0.2) is 23.4 Å². The van der Waals surface area contributed by atoms with Gasteiger partial charge in [0.15, 0.2) is 5.78 Å². The number of para-hydroxylation sites is 1. The molecule has 0 aliphatic carbocycles. The Morgan fingerprint density at radius 2 is 1.73 bits per heavy atom. The van der Waals surface area contributed by atoms with Crippen molar-refractivity contribution in [3.8, 4) is 5.69 Å². The molecule has 1 aromatic heterocycles. The maximum Gasteiger partial charge on any atom is 0.178 e. The van der Waals surface area contributed by atoms with Crippen LogP contribution in [0.2, 0.25) is 0 Å². The number of aryl methyl sites for hydroxylation is 1. The normalized spacial score (nSPS) is 10.9. The van der Waals surface area contributed by atoms with Crippen LogP contribution in [-0.2, 0) is 6.42 Å². The quantitative estimate of drug-likeness (QED) is 0.511. The van der Waals surface area contributed by atoms with Crippen molar-refractivity contribution in [3.05, 3.63) is 89.0 Å². The van der Waals surface area contributed by atoms with Crippen molar-refractivity contribution >= 4 is 5.78 Å². The number of carbonyl (C=O) groups excluding carboxylic acids is 1. The summed E-state index contributed by atoms with van der Waals surface area (Å²) in [6.45, 7) is 4.77. The maximum absolute atomic E-state index is 13.6. The standard InChI is InChI=1S/C22H23FN2O/c1-16-14-20(17(2)25(16)19-9-4-3-5-10-19)22(26)15-24-13-12-18-8-6-7-11-21(18)23/h3-11,14,24H,12-13,15H2,1-2H3. The lowest BCUT2D eigenvalue weighted by Crippen LogP contribution is -2.25. The zero-order valence-corrected chi connectivity index (χ0v) is 15.1. The first-order valence-electron chi connectivity index (χ1n) is 8.79. The molecule has 2 aromatic carbocycles. The number of ketones is 1. The summed E-state index contributed by atoms with van der Waals surface area (Å²) < 4.78 is 15.7. The van der Waals surface area contributed by atoms with Crippen LogP contribution in [0, 0.1) is 19.7 Å². The van der Waals surface area contributed by atoms with Crippen LogP contribution in [0.5, 0.6) is 0 Å². The number of hydrogen-bond acceptors (Lipinski definition) is 2. The Kier molecular flexibility index (Phi) is 5.64. The number of hydrogen-bond donors (Lipinski definition) is 1. The Morgan fingerprint density at radius 3 is 2.46 bits per heavy atom. The average Bonchev–Trinajstić information content (AvgIpc) is 2.95. The Bertz CT molecular complexity index is 900. The van der Waals surface area contributed by atoms with Gasteiger partial charge in [-0.2, -0.15) is 0 Å². The molecule has 3 rings (SSSR count). The van der Waals surface area contributed by atoms with Gasteiger partial charge in [0, 0.05) is 22.6 Å². The van der Waals surface area contributed by atoms with Crippen molar-refractivity contribution in [1.29, 1.82) is 0 Å². The minimum Gasteiger partial charge on any atom is -0.318 e. The van der Waals surface area contributed by atoms with Crippen LogP contribution in [0.4, 0.5) is 4.39 Å². The molecule has 26 heavy (non-hydrogen) atoms. The van der Waals surface area contributed by atoms with Crippen molar-refractivity contribution in [2.45, 2.75) is 20.3 Å². The molecule has 0 bridgehead atoms. The Balaban J connectivity index is 1.63. The lowest BCUT2D eigenvalue weighted by Gasteiger charge is -2.10. The smallest absolute Gasteiger partial charge is 0.178 e. The van der Waals surface area contributed by atoms with Gasteiger partial charge >= 0.3 is 0 Å². The van der Waals surface area contributed by atoms with Crippen molar-refractivity contribution < 1.29 is 9.18 Å². The van der Waals surface area contributed by atoms with Crippen molar-refractivity contribution in [2.24, 2.45) is 0 Å². The maximum atomic E-state index is 13.6. The molecule has 0 aliphatic heterocycles. The molecule has 4 heteroatoms. The number of aromatic nitrogens is 1. The van der Waals surface area contributed by atoms with Crippen LogP contribution in [0.1, 0.15) is 27.3 Å². The third kappa shape index (κ3) is 3.92. The summed E-state index contributed by atoms with van der Waals surface area (Å²) in [6, 6.07) is 18.7. The fourth-order valence-electron chi connectivity index (χ4n) is 3.24. The van der Waals surface area contributed by atoms with Gasteiger partial charge in [-0.05, 0) is 56.6 Å². The number of nitrogens with zero attached hydrogens (tertiary/aromatic N) is 1. The minimum absolute atomic E-state index is 0.0498. The molecule has 1 N–H and O–H groups in total. The molecule has 0 saturated carbocycles. The van der Waals surface area contributed by atoms with E-state index in [0.29, 0.717) is 18.5 Å². The van der Waals surface area contributed by atoms with Gasteiger partial charge in [-0.3, -0.25) is 4.79 Å². The fourth-order valence-corrected chi connectivity index (χ4v) is 3.24. The van der Waals surface area contributed by atoms with Gasteiger partial charge in [0.1, 0.15) is 5.82 Å². The van der Waals surface area contributed by atoms with E-state index in [1.165, 1.54) is 6.07 Å². The predicted molar refractivity (Wildman–Crippen MR) is 103 cm³/mol. The second-order valence-electron chi connectivity index (χ2n) is 6.40. The molecule has 0 amide bonds. The first-order chi connectivity index (χ1) is 12.6. The fraction of sp³-hybridized carbons (Fsp3) is 0.227.